The summed E-state index contributed by atoms with van der Waals surface area (Å²) in [5.74, 6) is -0.935. The first kappa shape index (κ1) is 14.9. The number of nitrogens with zero attached hydrogens (tertiary/aromatic N) is 1. The van der Waals surface area contributed by atoms with Gasteiger partial charge in [-0.2, -0.15) is 0 Å². The highest BCUT2D eigenvalue weighted by Gasteiger charge is 2.45. The SMILES string of the molecule is O=C(O)COC1(c2ccc(Br)cn2)CC2CCCC(C1)N2. The molecule has 2 bridgehead atoms. The zero-order valence-electron chi connectivity index (χ0n) is 11.7. The van der Waals surface area contributed by atoms with Gasteiger partial charge in [0, 0.05) is 22.8 Å². The largest absolute Gasteiger partial charge is 0.480 e. The summed E-state index contributed by atoms with van der Waals surface area (Å²) in [5, 5.41) is 12.6. The lowest BCUT2D eigenvalue weighted by Gasteiger charge is -2.47. The highest BCUT2D eigenvalue weighted by atomic mass is 79.9. The zero-order valence-corrected chi connectivity index (χ0v) is 13.3. The Morgan fingerprint density at radius 3 is 2.71 bits per heavy atom. The van der Waals surface area contributed by atoms with Gasteiger partial charge >= 0.3 is 5.97 Å². The van der Waals surface area contributed by atoms with Gasteiger partial charge in [0.15, 0.2) is 0 Å². The van der Waals surface area contributed by atoms with E-state index in [2.05, 4.69) is 26.2 Å². The highest BCUT2D eigenvalue weighted by molar-refractivity contribution is 9.10. The fraction of sp³-hybridized carbons (Fsp3) is 0.600. The van der Waals surface area contributed by atoms with Crippen LogP contribution in [0, 0.1) is 0 Å². The van der Waals surface area contributed by atoms with E-state index in [0.29, 0.717) is 12.1 Å². The lowest BCUT2D eigenvalue weighted by atomic mass is 9.75. The topological polar surface area (TPSA) is 71.5 Å². The number of piperidine rings is 2. The number of hydrogen-bond donors (Lipinski definition) is 2. The number of carbonyl (C=O) groups is 1. The maximum atomic E-state index is 10.9. The zero-order chi connectivity index (χ0) is 14.9. The number of carboxylic acid groups (broad SMARTS) is 1. The average Bonchev–Trinajstić information content (AvgIpc) is 2.45. The Morgan fingerprint density at radius 2 is 2.14 bits per heavy atom. The molecule has 0 spiro atoms. The second kappa shape index (κ2) is 6.02. The van der Waals surface area contributed by atoms with Crippen molar-refractivity contribution in [3.05, 3.63) is 28.5 Å². The predicted octanol–water partition coefficient (Wildman–Crippen LogP) is 2.45. The van der Waals surface area contributed by atoms with Crippen molar-refractivity contribution in [3.63, 3.8) is 0 Å². The molecule has 2 atom stereocenters. The number of rotatable bonds is 4. The molecule has 0 amide bonds. The van der Waals surface area contributed by atoms with Crippen LogP contribution >= 0.6 is 15.9 Å². The Hall–Kier alpha value is -0.980. The standard InChI is InChI=1S/C15H19BrN2O3/c16-10-4-5-13(17-8-10)15(21-9-14(19)20)6-11-2-1-3-12(7-15)18-11/h4-5,8,11-12,18H,1-3,6-7,9H2,(H,19,20). The van der Waals surface area contributed by atoms with Crippen LogP contribution in [-0.2, 0) is 15.1 Å². The minimum Gasteiger partial charge on any atom is -0.480 e. The van der Waals surface area contributed by atoms with Crippen LogP contribution in [0.2, 0.25) is 0 Å². The molecule has 3 rings (SSSR count). The molecule has 2 aliphatic heterocycles. The van der Waals surface area contributed by atoms with Crippen LogP contribution in [0.15, 0.2) is 22.8 Å². The van der Waals surface area contributed by atoms with Gasteiger partial charge < -0.3 is 15.2 Å². The summed E-state index contributed by atoms with van der Waals surface area (Å²) >= 11 is 3.39. The number of hydrogen-bond acceptors (Lipinski definition) is 4. The number of nitrogens with one attached hydrogen (secondary N) is 1. The van der Waals surface area contributed by atoms with E-state index >= 15 is 0 Å². The lowest BCUT2D eigenvalue weighted by molar-refractivity contribution is -0.157. The smallest absolute Gasteiger partial charge is 0.329 e. The molecule has 2 aliphatic rings. The molecule has 0 radical (unpaired) electrons. The third kappa shape index (κ3) is 3.27. The molecule has 0 aliphatic carbocycles. The second-order valence-corrected chi connectivity index (χ2v) is 6.85. The third-order valence-electron chi connectivity index (χ3n) is 4.39. The number of halogens is 1. The number of aliphatic carboxylic acids is 1. The predicted molar refractivity (Wildman–Crippen MR) is 81.0 cm³/mol. The Labute approximate surface area is 132 Å². The van der Waals surface area contributed by atoms with E-state index in [1.165, 1.54) is 6.42 Å². The molecular formula is C15H19BrN2O3. The van der Waals surface area contributed by atoms with Gasteiger partial charge in [-0.25, -0.2) is 4.79 Å². The third-order valence-corrected chi connectivity index (χ3v) is 4.86. The molecule has 5 nitrogen and oxygen atoms in total. The van der Waals surface area contributed by atoms with Crippen LogP contribution < -0.4 is 5.32 Å². The van der Waals surface area contributed by atoms with E-state index in [1.54, 1.807) is 6.20 Å². The summed E-state index contributed by atoms with van der Waals surface area (Å²) in [6.45, 7) is -0.281. The molecule has 2 unspecified atom stereocenters. The summed E-state index contributed by atoms with van der Waals surface area (Å²) < 4.78 is 6.79. The number of aromatic nitrogens is 1. The maximum Gasteiger partial charge on any atom is 0.329 e. The molecule has 114 valence electrons. The summed E-state index contributed by atoms with van der Waals surface area (Å²) in [7, 11) is 0. The quantitative estimate of drug-likeness (QED) is 0.868. The Morgan fingerprint density at radius 1 is 1.43 bits per heavy atom. The molecule has 2 N–H and O–H groups in total. The minimum atomic E-state index is -0.935. The van der Waals surface area contributed by atoms with Crippen LogP contribution in [0.1, 0.15) is 37.8 Å². The van der Waals surface area contributed by atoms with Crippen molar-refractivity contribution in [1.82, 2.24) is 10.3 Å². The van der Waals surface area contributed by atoms with Gasteiger partial charge in [-0.1, -0.05) is 6.42 Å². The Kier molecular flexibility index (Phi) is 4.28. The van der Waals surface area contributed by atoms with Crippen LogP contribution in [0.3, 0.4) is 0 Å². The molecule has 1 aromatic heterocycles. The Bertz CT molecular complexity index is 508. The number of carboxylic acids is 1. The summed E-state index contributed by atoms with van der Waals surface area (Å²) in [5.41, 5.74) is 0.255. The second-order valence-electron chi connectivity index (χ2n) is 5.94. The summed E-state index contributed by atoms with van der Waals surface area (Å²) in [6, 6.07) is 4.65. The van der Waals surface area contributed by atoms with E-state index < -0.39 is 11.6 Å². The van der Waals surface area contributed by atoms with Crippen molar-refractivity contribution in [2.45, 2.75) is 49.8 Å². The number of pyridine rings is 1. The Balaban J connectivity index is 1.90. The van der Waals surface area contributed by atoms with Gasteiger partial charge in [0.25, 0.3) is 0 Å². The normalized spacial score (nSPS) is 31.9. The average molecular weight is 355 g/mol. The van der Waals surface area contributed by atoms with Crippen molar-refractivity contribution in [2.24, 2.45) is 0 Å². The van der Waals surface area contributed by atoms with Crippen molar-refractivity contribution >= 4 is 21.9 Å². The molecule has 21 heavy (non-hydrogen) atoms. The van der Waals surface area contributed by atoms with E-state index in [4.69, 9.17) is 9.84 Å². The van der Waals surface area contributed by atoms with Gasteiger partial charge in [0.1, 0.15) is 12.2 Å². The number of ether oxygens (including phenoxy) is 1. The van der Waals surface area contributed by atoms with Crippen molar-refractivity contribution in [2.75, 3.05) is 6.61 Å². The van der Waals surface area contributed by atoms with E-state index in [-0.39, 0.29) is 6.61 Å². The van der Waals surface area contributed by atoms with Gasteiger partial charge in [0.2, 0.25) is 0 Å². The minimum absolute atomic E-state index is 0.281. The maximum absolute atomic E-state index is 10.9. The van der Waals surface area contributed by atoms with Crippen LogP contribution in [0.4, 0.5) is 0 Å². The molecule has 2 saturated heterocycles. The van der Waals surface area contributed by atoms with Crippen LogP contribution in [0.5, 0.6) is 0 Å². The fourth-order valence-corrected chi connectivity index (χ4v) is 3.79. The summed E-state index contributed by atoms with van der Waals surface area (Å²) in [6.07, 6.45) is 6.78. The van der Waals surface area contributed by atoms with Gasteiger partial charge in [-0.15, -0.1) is 0 Å². The van der Waals surface area contributed by atoms with Gasteiger partial charge in [0.05, 0.1) is 5.69 Å². The lowest BCUT2D eigenvalue weighted by Crippen LogP contribution is -2.55. The van der Waals surface area contributed by atoms with Gasteiger partial charge in [-0.3, -0.25) is 4.98 Å². The van der Waals surface area contributed by atoms with E-state index in [0.717, 1.165) is 35.8 Å². The molecule has 3 heterocycles. The number of fused-ring (bicyclic) bond motifs is 2. The van der Waals surface area contributed by atoms with E-state index in [9.17, 15) is 4.79 Å². The first-order chi connectivity index (χ1) is 10.1. The van der Waals surface area contributed by atoms with Crippen LogP contribution in [-0.4, -0.2) is 34.8 Å². The molecular weight excluding hydrogens is 336 g/mol. The van der Waals surface area contributed by atoms with Crippen molar-refractivity contribution < 1.29 is 14.6 Å². The molecule has 2 fully saturated rings. The highest BCUT2D eigenvalue weighted by Crippen LogP contribution is 2.42. The van der Waals surface area contributed by atoms with Crippen LogP contribution in [0.25, 0.3) is 0 Å². The van der Waals surface area contributed by atoms with Gasteiger partial charge in [-0.05, 0) is 53.7 Å². The molecule has 0 aromatic carbocycles. The van der Waals surface area contributed by atoms with Crippen molar-refractivity contribution in [1.29, 1.82) is 0 Å². The molecule has 6 heteroatoms. The molecule has 1 aromatic rings. The first-order valence-electron chi connectivity index (χ1n) is 7.31. The summed E-state index contributed by atoms with van der Waals surface area (Å²) in [4.78, 5) is 15.4. The van der Waals surface area contributed by atoms with E-state index in [1.807, 2.05) is 12.1 Å². The first-order valence-corrected chi connectivity index (χ1v) is 8.10. The monoisotopic (exact) mass is 354 g/mol. The molecule has 0 saturated carbocycles. The fourth-order valence-electron chi connectivity index (χ4n) is 3.56. The van der Waals surface area contributed by atoms with Crippen molar-refractivity contribution in [3.8, 4) is 0 Å².